The van der Waals surface area contributed by atoms with E-state index in [1.807, 2.05) is 12.1 Å². The Labute approximate surface area is 126 Å². The minimum absolute atomic E-state index is 0.00363. The molecule has 0 spiro atoms. The first-order chi connectivity index (χ1) is 9.04. The summed E-state index contributed by atoms with van der Waals surface area (Å²) in [7, 11) is 0. The van der Waals surface area contributed by atoms with E-state index in [2.05, 4.69) is 42.2 Å². The van der Waals surface area contributed by atoms with Crippen LogP contribution in [0.2, 0.25) is 0 Å². The molecule has 1 heterocycles. The van der Waals surface area contributed by atoms with Gasteiger partial charge in [-0.05, 0) is 56.8 Å². The number of hydrogen-bond donors (Lipinski definition) is 3. The molecule has 1 aromatic heterocycles. The van der Waals surface area contributed by atoms with Gasteiger partial charge in [0.25, 0.3) is 5.91 Å². The van der Waals surface area contributed by atoms with Gasteiger partial charge in [-0.1, -0.05) is 0 Å². The molecule has 19 heavy (non-hydrogen) atoms. The number of rotatable bonds is 3. The molecule has 0 unspecified atom stereocenters. The minimum Gasteiger partial charge on any atom is -0.394 e. The summed E-state index contributed by atoms with van der Waals surface area (Å²) in [5.74, 6) is -0.146. The summed E-state index contributed by atoms with van der Waals surface area (Å²) < 4.78 is 1.83. The van der Waals surface area contributed by atoms with Crippen molar-refractivity contribution in [3.05, 3.63) is 32.8 Å². The SMILES string of the molecule is O=C(NC1(CO)CC1)c1c[nH]c2cc(Br)c(Br)cc12. The standard InChI is InChI=1S/C13H12Br2N2O2/c14-9-3-7-8(5-16-11(7)4-10(9)15)12(19)17-13(6-18)1-2-13/h3-5,16,18H,1-2,6H2,(H,17,19). The zero-order valence-corrected chi connectivity index (χ0v) is 13.1. The number of nitrogens with one attached hydrogen (secondary N) is 2. The Kier molecular flexibility index (Phi) is 3.19. The lowest BCUT2D eigenvalue weighted by Gasteiger charge is -2.13. The van der Waals surface area contributed by atoms with Crippen LogP contribution in [0.5, 0.6) is 0 Å². The van der Waals surface area contributed by atoms with Gasteiger partial charge in [0.2, 0.25) is 0 Å². The van der Waals surface area contributed by atoms with E-state index in [-0.39, 0.29) is 12.5 Å². The molecule has 0 bridgehead atoms. The second kappa shape index (κ2) is 4.61. The Hall–Kier alpha value is -0.850. The van der Waals surface area contributed by atoms with E-state index < -0.39 is 5.54 Å². The highest BCUT2D eigenvalue weighted by Gasteiger charge is 2.43. The molecule has 6 heteroatoms. The number of hydrogen-bond acceptors (Lipinski definition) is 2. The summed E-state index contributed by atoms with van der Waals surface area (Å²) in [5, 5.41) is 13.0. The summed E-state index contributed by atoms with van der Waals surface area (Å²) in [6.07, 6.45) is 3.38. The van der Waals surface area contributed by atoms with Gasteiger partial charge >= 0.3 is 0 Å². The van der Waals surface area contributed by atoms with E-state index in [9.17, 15) is 9.90 Å². The lowest BCUT2D eigenvalue weighted by molar-refractivity contribution is 0.0908. The lowest BCUT2D eigenvalue weighted by Crippen LogP contribution is -2.39. The van der Waals surface area contributed by atoms with E-state index in [1.54, 1.807) is 6.20 Å². The number of halogens is 2. The highest BCUT2D eigenvalue weighted by atomic mass is 79.9. The number of H-pyrrole nitrogens is 1. The number of fused-ring (bicyclic) bond motifs is 1. The molecule has 1 fully saturated rings. The van der Waals surface area contributed by atoms with Gasteiger partial charge in [-0.2, -0.15) is 0 Å². The number of amides is 1. The summed E-state index contributed by atoms with van der Waals surface area (Å²) in [6.45, 7) is -0.00363. The first kappa shape index (κ1) is 13.1. The fraction of sp³-hybridized carbons (Fsp3) is 0.308. The number of aliphatic hydroxyl groups excluding tert-OH is 1. The highest BCUT2D eigenvalue weighted by Crippen LogP contribution is 2.35. The van der Waals surface area contributed by atoms with Crippen molar-refractivity contribution in [2.24, 2.45) is 0 Å². The molecule has 0 radical (unpaired) electrons. The number of benzene rings is 1. The molecule has 2 aromatic rings. The molecule has 1 aromatic carbocycles. The molecule has 0 atom stereocenters. The average molecular weight is 388 g/mol. The molecule has 1 aliphatic rings. The maximum Gasteiger partial charge on any atom is 0.253 e. The van der Waals surface area contributed by atoms with Gasteiger partial charge in [-0.25, -0.2) is 0 Å². The largest absolute Gasteiger partial charge is 0.394 e. The lowest BCUT2D eigenvalue weighted by atomic mass is 10.1. The Bertz CT molecular complexity index is 662. The molecular weight excluding hydrogens is 376 g/mol. The topological polar surface area (TPSA) is 65.1 Å². The van der Waals surface area contributed by atoms with E-state index >= 15 is 0 Å². The smallest absolute Gasteiger partial charge is 0.253 e. The molecule has 3 N–H and O–H groups in total. The average Bonchev–Trinajstić information content (AvgIpc) is 3.04. The predicted octanol–water partition coefficient (Wildman–Crippen LogP) is 2.95. The first-order valence-corrected chi connectivity index (χ1v) is 7.53. The monoisotopic (exact) mass is 386 g/mol. The molecule has 1 saturated carbocycles. The molecular formula is C13H12Br2N2O2. The number of carbonyl (C=O) groups is 1. The van der Waals surface area contributed by atoms with Gasteiger partial charge in [-0.3, -0.25) is 4.79 Å². The van der Waals surface area contributed by atoms with Gasteiger partial charge in [-0.15, -0.1) is 0 Å². The predicted molar refractivity (Wildman–Crippen MR) is 80.2 cm³/mol. The molecule has 4 nitrogen and oxygen atoms in total. The zero-order chi connectivity index (χ0) is 13.6. The quantitative estimate of drug-likeness (QED) is 0.757. The van der Waals surface area contributed by atoms with Crippen molar-refractivity contribution < 1.29 is 9.90 Å². The third kappa shape index (κ3) is 2.32. The Morgan fingerprint density at radius 3 is 2.68 bits per heavy atom. The first-order valence-electron chi connectivity index (χ1n) is 5.94. The zero-order valence-electron chi connectivity index (χ0n) is 9.96. The van der Waals surface area contributed by atoms with Crippen LogP contribution in [0, 0.1) is 0 Å². The maximum atomic E-state index is 12.3. The van der Waals surface area contributed by atoms with Gasteiger partial charge in [0, 0.05) is 26.0 Å². The van der Waals surface area contributed by atoms with Crippen LogP contribution in [0.1, 0.15) is 23.2 Å². The third-order valence-corrected chi connectivity index (χ3v) is 5.35. The number of carbonyl (C=O) groups excluding carboxylic acids is 1. The van der Waals surface area contributed by atoms with Crippen molar-refractivity contribution in [3.8, 4) is 0 Å². The molecule has 0 saturated heterocycles. The van der Waals surface area contributed by atoms with Crippen LogP contribution in [-0.4, -0.2) is 28.1 Å². The van der Waals surface area contributed by atoms with Crippen molar-refractivity contribution in [2.45, 2.75) is 18.4 Å². The second-order valence-corrected chi connectivity index (χ2v) is 6.62. The van der Waals surface area contributed by atoms with E-state index in [4.69, 9.17) is 0 Å². The van der Waals surface area contributed by atoms with Crippen LogP contribution in [0.3, 0.4) is 0 Å². The molecule has 3 rings (SSSR count). The van der Waals surface area contributed by atoms with E-state index in [0.717, 1.165) is 32.7 Å². The Balaban J connectivity index is 1.96. The minimum atomic E-state index is -0.396. The molecule has 100 valence electrons. The van der Waals surface area contributed by atoms with Gasteiger partial charge in [0.05, 0.1) is 17.7 Å². The summed E-state index contributed by atoms with van der Waals surface area (Å²) >= 11 is 6.87. The van der Waals surface area contributed by atoms with Crippen molar-refractivity contribution in [1.29, 1.82) is 0 Å². The fourth-order valence-electron chi connectivity index (χ4n) is 2.09. The van der Waals surface area contributed by atoms with Crippen molar-refractivity contribution in [1.82, 2.24) is 10.3 Å². The van der Waals surface area contributed by atoms with Gasteiger partial charge in [0.1, 0.15) is 0 Å². The van der Waals surface area contributed by atoms with Crippen LogP contribution in [-0.2, 0) is 0 Å². The van der Waals surface area contributed by atoms with Crippen LogP contribution >= 0.6 is 31.9 Å². The van der Waals surface area contributed by atoms with E-state index in [1.165, 1.54) is 0 Å². The molecule has 1 aliphatic carbocycles. The Morgan fingerprint density at radius 2 is 2.05 bits per heavy atom. The maximum absolute atomic E-state index is 12.3. The summed E-state index contributed by atoms with van der Waals surface area (Å²) in [5.41, 5.74) is 1.10. The molecule has 0 aliphatic heterocycles. The molecule has 1 amide bonds. The van der Waals surface area contributed by atoms with Gasteiger partial charge in [0.15, 0.2) is 0 Å². The van der Waals surface area contributed by atoms with Crippen LogP contribution in [0.4, 0.5) is 0 Å². The summed E-state index contributed by atoms with van der Waals surface area (Å²) in [6, 6.07) is 3.83. The van der Waals surface area contributed by atoms with Crippen LogP contribution < -0.4 is 5.32 Å². The van der Waals surface area contributed by atoms with Crippen LogP contribution in [0.15, 0.2) is 27.3 Å². The normalized spacial score (nSPS) is 16.6. The number of aliphatic hydroxyl groups is 1. The van der Waals surface area contributed by atoms with Crippen LogP contribution in [0.25, 0.3) is 10.9 Å². The third-order valence-electron chi connectivity index (χ3n) is 3.50. The highest BCUT2D eigenvalue weighted by molar-refractivity contribution is 9.13. The Morgan fingerprint density at radius 1 is 1.37 bits per heavy atom. The summed E-state index contributed by atoms with van der Waals surface area (Å²) in [4.78, 5) is 15.3. The number of aromatic amines is 1. The van der Waals surface area contributed by atoms with Crippen molar-refractivity contribution >= 4 is 48.7 Å². The number of aromatic nitrogens is 1. The van der Waals surface area contributed by atoms with Gasteiger partial charge < -0.3 is 15.4 Å². The second-order valence-electron chi connectivity index (χ2n) is 4.91. The fourth-order valence-corrected chi connectivity index (χ4v) is 2.77. The van der Waals surface area contributed by atoms with E-state index in [0.29, 0.717) is 5.56 Å². The van der Waals surface area contributed by atoms with Crippen molar-refractivity contribution in [3.63, 3.8) is 0 Å². The van der Waals surface area contributed by atoms with Crippen molar-refractivity contribution in [2.75, 3.05) is 6.61 Å².